The lowest BCUT2D eigenvalue weighted by atomic mass is 9.80. The molecule has 4 heteroatoms. The van der Waals surface area contributed by atoms with Crippen molar-refractivity contribution < 1.29 is 9.84 Å². The van der Waals surface area contributed by atoms with Gasteiger partial charge in [-0.25, -0.2) is 4.98 Å². The lowest BCUT2D eigenvalue weighted by molar-refractivity contribution is 0.0628. The Kier molecular flexibility index (Phi) is 3.30. The summed E-state index contributed by atoms with van der Waals surface area (Å²) in [4.78, 5) is 4.21. The highest BCUT2D eigenvalue weighted by atomic mass is 16.5. The van der Waals surface area contributed by atoms with E-state index in [1.165, 1.54) is 7.11 Å². The standard InChI is InChI=1S/C13H16N2O2/c1-17-11-6-4-5-10(15-11)12(16)13(9-14)7-2-3-8-13/h4-6,12,16H,2-3,7-8H2,1H3. The van der Waals surface area contributed by atoms with Gasteiger partial charge in [-0.3, -0.25) is 0 Å². The summed E-state index contributed by atoms with van der Waals surface area (Å²) in [5, 5.41) is 19.7. The zero-order valence-corrected chi connectivity index (χ0v) is 9.89. The normalized spacial score (nSPS) is 19.6. The van der Waals surface area contributed by atoms with Crippen molar-refractivity contribution in [3.8, 4) is 11.9 Å². The first kappa shape index (κ1) is 11.9. The van der Waals surface area contributed by atoms with Crippen molar-refractivity contribution in [3.05, 3.63) is 23.9 Å². The number of rotatable bonds is 3. The summed E-state index contributed by atoms with van der Waals surface area (Å²) in [6.07, 6.45) is 2.64. The molecule has 0 saturated heterocycles. The molecule has 17 heavy (non-hydrogen) atoms. The van der Waals surface area contributed by atoms with Crippen molar-refractivity contribution in [1.82, 2.24) is 4.98 Å². The maximum absolute atomic E-state index is 10.4. The van der Waals surface area contributed by atoms with Crippen molar-refractivity contribution in [3.63, 3.8) is 0 Å². The quantitative estimate of drug-likeness (QED) is 0.867. The highest BCUT2D eigenvalue weighted by molar-refractivity contribution is 5.22. The maximum Gasteiger partial charge on any atom is 0.213 e. The molecule has 0 aliphatic heterocycles. The monoisotopic (exact) mass is 232 g/mol. The average Bonchev–Trinajstić information content (AvgIpc) is 2.88. The molecule has 0 spiro atoms. The molecule has 1 fully saturated rings. The fourth-order valence-electron chi connectivity index (χ4n) is 2.43. The zero-order valence-electron chi connectivity index (χ0n) is 9.89. The average molecular weight is 232 g/mol. The molecule has 0 radical (unpaired) electrons. The molecule has 0 amide bonds. The summed E-state index contributed by atoms with van der Waals surface area (Å²) in [5.41, 5.74) is -0.146. The molecule has 1 heterocycles. The number of aliphatic hydroxyl groups is 1. The Hall–Kier alpha value is -1.60. The van der Waals surface area contributed by atoms with Crippen LogP contribution in [0.4, 0.5) is 0 Å². The molecule has 1 aliphatic carbocycles. The van der Waals surface area contributed by atoms with Crippen LogP contribution in [-0.4, -0.2) is 17.2 Å². The van der Waals surface area contributed by atoms with Crippen LogP contribution in [0, 0.1) is 16.7 Å². The summed E-state index contributed by atoms with van der Waals surface area (Å²) in [6.45, 7) is 0. The van der Waals surface area contributed by atoms with Crippen LogP contribution in [0.25, 0.3) is 0 Å². The Morgan fingerprint density at radius 2 is 2.18 bits per heavy atom. The summed E-state index contributed by atoms with van der Waals surface area (Å²) in [6, 6.07) is 7.53. The smallest absolute Gasteiger partial charge is 0.213 e. The number of hydrogen-bond donors (Lipinski definition) is 1. The van der Waals surface area contributed by atoms with E-state index in [0.717, 1.165) is 25.7 Å². The second-order valence-corrected chi connectivity index (χ2v) is 4.48. The molecule has 1 saturated carbocycles. The molecule has 1 N–H and O–H groups in total. The van der Waals surface area contributed by atoms with E-state index < -0.39 is 11.5 Å². The molecule has 4 nitrogen and oxygen atoms in total. The molecule has 1 aromatic rings. The van der Waals surface area contributed by atoms with Gasteiger partial charge in [0.15, 0.2) is 0 Å². The van der Waals surface area contributed by atoms with E-state index >= 15 is 0 Å². The Labute approximate surface area is 101 Å². The van der Waals surface area contributed by atoms with Crippen LogP contribution in [0.1, 0.15) is 37.5 Å². The van der Waals surface area contributed by atoms with Gasteiger partial charge in [0.1, 0.15) is 6.10 Å². The molecule has 0 aromatic carbocycles. The molecule has 1 atom stereocenters. The summed E-state index contributed by atoms with van der Waals surface area (Å²) >= 11 is 0. The van der Waals surface area contributed by atoms with E-state index in [1.54, 1.807) is 18.2 Å². The van der Waals surface area contributed by atoms with Gasteiger partial charge in [0, 0.05) is 6.07 Å². The minimum Gasteiger partial charge on any atom is -0.481 e. The van der Waals surface area contributed by atoms with E-state index in [4.69, 9.17) is 4.74 Å². The molecular weight excluding hydrogens is 216 g/mol. The highest BCUT2D eigenvalue weighted by Gasteiger charge is 2.42. The molecule has 1 aliphatic rings. The molecule has 90 valence electrons. The highest BCUT2D eigenvalue weighted by Crippen LogP contribution is 2.46. The minimum absolute atomic E-state index is 0.465. The third-order valence-electron chi connectivity index (χ3n) is 3.48. The third-order valence-corrected chi connectivity index (χ3v) is 3.48. The van der Waals surface area contributed by atoms with E-state index in [0.29, 0.717) is 11.6 Å². The van der Waals surface area contributed by atoms with Crippen LogP contribution in [-0.2, 0) is 0 Å². The maximum atomic E-state index is 10.4. The lowest BCUT2D eigenvalue weighted by Gasteiger charge is -2.26. The number of aliphatic hydroxyl groups excluding tert-OH is 1. The van der Waals surface area contributed by atoms with Crippen LogP contribution in [0.2, 0.25) is 0 Å². The fourth-order valence-corrected chi connectivity index (χ4v) is 2.43. The zero-order chi connectivity index (χ0) is 12.3. The topological polar surface area (TPSA) is 66.1 Å². The van der Waals surface area contributed by atoms with E-state index in [2.05, 4.69) is 11.1 Å². The van der Waals surface area contributed by atoms with Gasteiger partial charge in [-0.1, -0.05) is 18.9 Å². The Morgan fingerprint density at radius 3 is 2.76 bits per heavy atom. The number of hydrogen-bond acceptors (Lipinski definition) is 4. The number of pyridine rings is 1. The molecular formula is C13H16N2O2. The Morgan fingerprint density at radius 1 is 1.47 bits per heavy atom. The number of methoxy groups -OCH3 is 1. The fraction of sp³-hybridized carbons (Fsp3) is 0.538. The van der Waals surface area contributed by atoms with Gasteiger partial charge in [0.2, 0.25) is 5.88 Å². The summed E-state index contributed by atoms with van der Waals surface area (Å²) in [7, 11) is 1.54. The van der Waals surface area contributed by atoms with Gasteiger partial charge in [-0.15, -0.1) is 0 Å². The van der Waals surface area contributed by atoms with Crippen molar-refractivity contribution in [2.24, 2.45) is 5.41 Å². The van der Waals surface area contributed by atoms with Gasteiger partial charge in [-0.05, 0) is 18.9 Å². The van der Waals surface area contributed by atoms with Gasteiger partial charge >= 0.3 is 0 Å². The van der Waals surface area contributed by atoms with Crippen LogP contribution in [0.5, 0.6) is 5.88 Å². The first-order chi connectivity index (χ1) is 8.22. The lowest BCUT2D eigenvalue weighted by Crippen LogP contribution is -2.24. The Bertz CT molecular complexity index is 433. The number of ether oxygens (including phenoxy) is 1. The van der Waals surface area contributed by atoms with Crippen LogP contribution in [0.3, 0.4) is 0 Å². The van der Waals surface area contributed by atoms with Crippen LogP contribution >= 0.6 is 0 Å². The van der Waals surface area contributed by atoms with Gasteiger partial charge in [-0.2, -0.15) is 5.26 Å². The number of aromatic nitrogens is 1. The van der Waals surface area contributed by atoms with E-state index in [1.807, 2.05) is 0 Å². The second kappa shape index (κ2) is 4.72. The Balaban J connectivity index is 2.29. The third kappa shape index (κ3) is 2.11. The largest absolute Gasteiger partial charge is 0.481 e. The molecule has 0 bridgehead atoms. The second-order valence-electron chi connectivity index (χ2n) is 4.48. The van der Waals surface area contributed by atoms with E-state index in [-0.39, 0.29) is 0 Å². The van der Waals surface area contributed by atoms with Crippen molar-refractivity contribution in [1.29, 1.82) is 5.26 Å². The molecule has 1 unspecified atom stereocenters. The minimum atomic E-state index is -0.829. The number of nitrogens with zero attached hydrogens (tertiary/aromatic N) is 2. The van der Waals surface area contributed by atoms with Crippen molar-refractivity contribution >= 4 is 0 Å². The first-order valence-corrected chi connectivity index (χ1v) is 5.82. The van der Waals surface area contributed by atoms with Crippen LogP contribution in [0.15, 0.2) is 18.2 Å². The van der Waals surface area contributed by atoms with E-state index in [9.17, 15) is 10.4 Å². The predicted octanol–water partition coefficient (Wildman–Crippen LogP) is 2.21. The summed E-state index contributed by atoms with van der Waals surface area (Å²) in [5.74, 6) is 0.465. The van der Waals surface area contributed by atoms with Gasteiger partial charge < -0.3 is 9.84 Å². The van der Waals surface area contributed by atoms with Crippen molar-refractivity contribution in [2.75, 3.05) is 7.11 Å². The van der Waals surface area contributed by atoms with Gasteiger partial charge in [0.05, 0.1) is 24.3 Å². The number of nitriles is 1. The molecule has 2 rings (SSSR count). The van der Waals surface area contributed by atoms with Crippen LogP contribution < -0.4 is 4.74 Å². The molecule has 1 aromatic heterocycles. The SMILES string of the molecule is COc1cccc(C(O)C2(C#N)CCCC2)n1. The summed E-state index contributed by atoms with van der Waals surface area (Å²) < 4.78 is 5.03. The van der Waals surface area contributed by atoms with Crippen molar-refractivity contribution in [2.45, 2.75) is 31.8 Å². The van der Waals surface area contributed by atoms with Gasteiger partial charge in [0.25, 0.3) is 0 Å². The first-order valence-electron chi connectivity index (χ1n) is 5.82. The predicted molar refractivity (Wildman–Crippen MR) is 62.3 cm³/mol.